The second-order valence-electron chi connectivity index (χ2n) is 3.85. The number of nitrogens with two attached hydrogens (primary N) is 1. The number of halogens is 1. The van der Waals surface area contributed by atoms with Crippen LogP contribution in [-0.4, -0.2) is 30.8 Å². The van der Waals surface area contributed by atoms with Gasteiger partial charge in [-0.2, -0.15) is 0 Å². The number of hydrogen-bond acceptors (Lipinski definition) is 4. The Morgan fingerprint density at radius 2 is 2.35 bits per heavy atom. The molecule has 0 unspecified atom stereocenters. The van der Waals surface area contributed by atoms with Crippen LogP contribution in [0.5, 0.6) is 0 Å². The number of anilines is 1. The van der Waals surface area contributed by atoms with Crippen LogP contribution < -0.4 is 11.1 Å². The fourth-order valence-corrected chi connectivity index (χ4v) is 1.82. The number of rotatable bonds is 2. The monoisotopic (exact) mass is 240 g/mol. The maximum absolute atomic E-state index is 13.7. The Morgan fingerprint density at radius 1 is 1.59 bits per heavy atom. The molecule has 0 spiro atoms. The highest BCUT2D eigenvalue weighted by molar-refractivity contribution is 5.93. The van der Waals surface area contributed by atoms with E-state index < -0.39 is 11.8 Å². The summed E-state index contributed by atoms with van der Waals surface area (Å²) >= 11 is 0. The molecule has 92 valence electrons. The van der Waals surface area contributed by atoms with E-state index in [-0.39, 0.29) is 22.9 Å². The summed E-state index contributed by atoms with van der Waals surface area (Å²) in [4.78, 5) is 10.9. The molecule has 0 amide bonds. The summed E-state index contributed by atoms with van der Waals surface area (Å²) in [6.45, 7) is 1.50. The van der Waals surface area contributed by atoms with E-state index in [0.717, 1.165) is 6.07 Å². The van der Waals surface area contributed by atoms with Crippen molar-refractivity contribution in [3.05, 3.63) is 29.1 Å². The van der Waals surface area contributed by atoms with Crippen LogP contribution in [-0.2, 0) is 4.74 Å². The van der Waals surface area contributed by atoms with Crippen LogP contribution >= 0.6 is 0 Å². The van der Waals surface area contributed by atoms with Crippen LogP contribution in [0, 0.1) is 5.82 Å². The van der Waals surface area contributed by atoms with Crippen LogP contribution in [0.2, 0.25) is 0 Å². The van der Waals surface area contributed by atoms with Crippen LogP contribution in [0.1, 0.15) is 22.0 Å². The first-order chi connectivity index (χ1) is 8.09. The van der Waals surface area contributed by atoms with Gasteiger partial charge in [0.05, 0.1) is 24.8 Å². The van der Waals surface area contributed by atoms with Gasteiger partial charge in [0.25, 0.3) is 0 Å². The van der Waals surface area contributed by atoms with Crippen molar-refractivity contribution in [3.63, 3.8) is 0 Å². The predicted molar refractivity (Wildman–Crippen MR) is 59.3 cm³/mol. The van der Waals surface area contributed by atoms with Crippen molar-refractivity contribution in [1.82, 2.24) is 5.32 Å². The molecule has 0 aliphatic carbocycles. The molecule has 1 fully saturated rings. The van der Waals surface area contributed by atoms with Crippen molar-refractivity contribution in [1.29, 1.82) is 0 Å². The summed E-state index contributed by atoms with van der Waals surface area (Å²) in [5, 5.41) is 12.0. The summed E-state index contributed by atoms with van der Waals surface area (Å²) in [5.41, 5.74) is 5.56. The van der Waals surface area contributed by atoms with Gasteiger partial charge in [0.15, 0.2) is 0 Å². The lowest BCUT2D eigenvalue weighted by atomic mass is 10.0. The standard InChI is InChI=1S/C11H13FN2O3/c12-8-4-9(13)7(11(15)16)3-6(8)10-5-17-2-1-14-10/h3-4,10,14H,1-2,5,13H2,(H,15,16)/t10-/m1/s1. The topological polar surface area (TPSA) is 84.6 Å². The first kappa shape index (κ1) is 11.8. The Kier molecular flexibility index (Phi) is 3.26. The highest BCUT2D eigenvalue weighted by Crippen LogP contribution is 2.24. The summed E-state index contributed by atoms with van der Waals surface area (Å²) in [5.74, 6) is -1.68. The summed E-state index contributed by atoms with van der Waals surface area (Å²) in [6, 6.07) is 1.97. The van der Waals surface area contributed by atoms with Gasteiger partial charge in [0.1, 0.15) is 5.82 Å². The average Bonchev–Trinajstić information content (AvgIpc) is 2.29. The zero-order valence-electron chi connectivity index (χ0n) is 9.07. The number of aromatic carboxylic acids is 1. The minimum atomic E-state index is -1.17. The Bertz CT molecular complexity index is 445. The fraction of sp³-hybridized carbons (Fsp3) is 0.364. The van der Waals surface area contributed by atoms with Crippen LogP contribution in [0.4, 0.5) is 10.1 Å². The highest BCUT2D eigenvalue weighted by Gasteiger charge is 2.21. The largest absolute Gasteiger partial charge is 0.478 e. The third kappa shape index (κ3) is 2.37. The Balaban J connectivity index is 2.38. The van der Waals surface area contributed by atoms with Gasteiger partial charge in [-0.1, -0.05) is 0 Å². The molecule has 1 aliphatic rings. The molecule has 17 heavy (non-hydrogen) atoms. The van der Waals surface area contributed by atoms with Gasteiger partial charge in [-0.05, 0) is 12.1 Å². The van der Waals surface area contributed by atoms with E-state index in [2.05, 4.69) is 5.32 Å². The first-order valence-corrected chi connectivity index (χ1v) is 5.23. The molecular weight excluding hydrogens is 227 g/mol. The van der Waals surface area contributed by atoms with Crippen LogP contribution in [0.15, 0.2) is 12.1 Å². The first-order valence-electron chi connectivity index (χ1n) is 5.23. The van der Waals surface area contributed by atoms with Crippen molar-refractivity contribution in [3.8, 4) is 0 Å². The number of hydrogen-bond donors (Lipinski definition) is 3. The molecule has 1 atom stereocenters. The van der Waals surface area contributed by atoms with Gasteiger partial charge >= 0.3 is 5.97 Å². The molecule has 0 bridgehead atoms. The van der Waals surface area contributed by atoms with Crippen LogP contribution in [0.3, 0.4) is 0 Å². The van der Waals surface area contributed by atoms with Gasteiger partial charge in [-0.25, -0.2) is 9.18 Å². The van der Waals surface area contributed by atoms with E-state index in [1.165, 1.54) is 6.07 Å². The van der Waals surface area contributed by atoms with Gasteiger partial charge in [-0.15, -0.1) is 0 Å². The molecule has 1 aliphatic heterocycles. The molecule has 4 N–H and O–H groups in total. The minimum Gasteiger partial charge on any atom is -0.478 e. The SMILES string of the molecule is Nc1cc(F)c([C@H]2COCCN2)cc1C(=O)O. The van der Waals surface area contributed by atoms with Crippen molar-refractivity contribution in [2.45, 2.75) is 6.04 Å². The number of carboxylic acids is 1. The molecule has 0 saturated carbocycles. The van der Waals surface area contributed by atoms with Gasteiger partial charge in [0, 0.05) is 17.8 Å². The maximum atomic E-state index is 13.7. The fourth-order valence-electron chi connectivity index (χ4n) is 1.82. The molecule has 1 aromatic carbocycles. The molecule has 1 saturated heterocycles. The Morgan fingerprint density at radius 3 is 2.94 bits per heavy atom. The third-order valence-corrected chi connectivity index (χ3v) is 2.70. The number of carbonyl (C=O) groups is 1. The number of morpholine rings is 1. The van der Waals surface area contributed by atoms with Crippen LogP contribution in [0.25, 0.3) is 0 Å². The maximum Gasteiger partial charge on any atom is 0.337 e. The molecule has 0 radical (unpaired) electrons. The quantitative estimate of drug-likeness (QED) is 0.665. The van der Waals surface area contributed by atoms with Gasteiger partial charge < -0.3 is 20.9 Å². The molecular formula is C11H13FN2O3. The smallest absolute Gasteiger partial charge is 0.337 e. The van der Waals surface area contributed by atoms with Crippen molar-refractivity contribution in [2.75, 3.05) is 25.5 Å². The number of carboxylic acid groups (broad SMARTS) is 1. The molecule has 5 nitrogen and oxygen atoms in total. The van der Waals surface area contributed by atoms with E-state index in [1.54, 1.807) is 0 Å². The molecule has 2 rings (SSSR count). The highest BCUT2D eigenvalue weighted by atomic mass is 19.1. The van der Waals surface area contributed by atoms with Crippen molar-refractivity contribution >= 4 is 11.7 Å². The number of benzene rings is 1. The number of nitrogens with one attached hydrogen (secondary N) is 1. The second kappa shape index (κ2) is 4.68. The lowest BCUT2D eigenvalue weighted by Gasteiger charge is -2.25. The number of ether oxygens (including phenoxy) is 1. The average molecular weight is 240 g/mol. The van der Waals surface area contributed by atoms with Gasteiger partial charge in [0.2, 0.25) is 0 Å². The normalized spacial score (nSPS) is 20.2. The summed E-state index contributed by atoms with van der Waals surface area (Å²) < 4.78 is 18.9. The zero-order valence-corrected chi connectivity index (χ0v) is 9.07. The molecule has 1 aromatic rings. The van der Waals surface area contributed by atoms with E-state index in [1.807, 2.05) is 0 Å². The summed E-state index contributed by atoms with van der Waals surface area (Å²) in [6.07, 6.45) is 0. The number of nitrogen functional groups attached to an aromatic ring is 1. The second-order valence-corrected chi connectivity index (χ2v) is 3.85. The predicted octanol–water partition coefficient (Wildman–Crippen LogP) is 0.767. The summed E-state index contributed by atoms with van der Waals surface area (Å²) in [7, 11) is 0. The van der Waals surface area contributed by atoms with Gasteiger partial charge in [-0.3, -0.25) is 0 Å². The zero-order chi connectivity index (χ0) is 12.4. The van der Waals surface area contributed by atoms with E-state index in [0.29, 0.717) is 19.8 Å². The Hall–Kier alpha value is -1.66. The van der Waals surface area contributed by atoms with Crippen molar-refractivity contribution < 1.29 is 19.0 Å². The Labute approximate surface area is 97.4 Å². The van der Waals surface area contributed by atoms with E-state index >= 15 is 0 Å². The van der Waals surface area contributed by atoms with E-state index in [9.17, 15) is 9.18 Å². The molecule has 0 aromatic heterocycles. The minimum absolute atomic E-state index is 0.0736. The molecule has 1 heterocycles. The third-order valence-electron chi connectivity index (χ3n) is 2.70. The lowest BCUT2D eigenvalue weighted by Crippen LogP contribution is -2.35. The van der Waals surface area contributed by atoms with E-state index in [4.69, 9.17) is 15.6 Å². The van der Waals surface area contributed by atoms with Crippen molar-refractivity contribution in [2.24, 2.45) is 0 Å². The molecule has 6 heteroatoms. The lowest BCUT2D eigenvalue weighted by molar-refractivity contribution is 0.0693.